The molecular formula is C87H100BrN5O11. The predicted octanol–water partition coefficient (Wildman–Crippen LogP) is 19.4. The first-order chi connectivity index (χ1) is 49.0. The monoisotopic (exact) mass is 1470 g/mol. The van der Waals surface area contributed by atoms with Gasteiger partial charge in [0.05, 0.1) is 24.5 Å². The molecule has 3 amide bonds. The fourth-order valence-corrected chi connectivity index (χ4v) is 14.1. The Bertz CT molecular complexity index is 4530. The molecule has 5 aliphatic carbocycles. The Balaban J connectivity index is 0.000000165. The number of hydrogen-bond acceptors (Lipinski definition) is 12. The largest absolute Gasteiger partial charge is 0.478 e. The average molecular weight is 1470 g/mol. The van der Waals surface area contributed by atoms with Crippen molar-refractivity contribution in [2.45, 2.75) is 187 Å². The van der Waals surface area contributed by atoms with Crippen molar-refractivity contribution in [2.24, 2.45) is 11.1 Å². The van der Waals surface area contributed by atoms with Crippen molar-refractivity contribution in [3.05, 3.63) is 263 Å². The van der Waals surface area contributed by atoms with Crippen molar-refractivity contribution in [3.8, 4) is 0 Å². The molecular weight excluding hydrogens is 1370 g/mol. The molecule has 0 aromatic heterocycles. The normalized spacial score (nSPS) is 17.3. The summed E-state index contributed by atoms with van der Waals surface area (Å²) in [5.41, 5.74) is 18.4. The van der Waals surface area contributed by atoms with Gasteiger partial charge in [-0.2, -0.15) is 0 Å². The number of nitrogens with zero attached hydrogens (tertiary/aromatic N) is 1. The number of aryl methyl sites for hydroxylation is 3. The minimum Gasteiger partial charge on any atom is -0.478 e. The molecule has 0 spiro atoms. The highest BCUT2D eigenvalue weighted by Gasteiger charge is 2.37. The minimum atomic E-state index is -0.987. The molecule has 7 N–H and O–H groups in total. The summed E-state index contributed by atoms with van der Waals surface area (Å²) in [4.78, 5) is 92.8. The number of aliphatic hydroxyl groups is 1. The van der Waals surface area contributed by atoms with Crippen LogP contribution >= 0.6 is 15.9 Å². The highest BCUT2D eigenvalue weighted by molar-refractivity contribution is 9.10. The number of aliphatic hydroxyl groups excluding tert-OH is 1. The van der Waals surface area contributed by atoms with E-state index in [1.165, 1.54) is 24.3 Å². The summed E-state index contributed by atoms with van der Waals surface area (Å²) in [5.74, 6) is 3.37. The number of carbonyl (C=O) groups excluding carboxylic acids is 6. The van der Waals surface area contributed by atoms with Gasteiger partial charge in [-0.25, -0.2) is 10.7 Å². The summed E-state index contributed by atoms with van der Waals surface area (Å²) in [6.07, 6.45) is 7.43. The number of Topliss-reactive ketones (excluding diaryl/α,β-unsaturated/α-hetero) is 3. The number of ketones is 3. The number of aromatic carboxylic acids is 1. The number of carboxylic acids is 1. The zero-order valence-corrected chi connectivity index (χ0v) is 64.3. The maximum Gasteiger partial charge on any atom is 0.335 e. The van der Waals surface area contributed by atoms with Crippen molar-refractivity contribution in [3.63, 3.8) is 0 Å². The lowest BCUT2D eigenvalue weighted by molar-refractivity contribution is 0.0695. The van der Waals surface area contributed by atoms with Gasteiger partial charge in [-0.1, -0.05) is 174 Å². The Morgan fingerprint density at radius 3 is 1.12 bits per heavy atom. The molecule has 0 heterocycles. The number of anilines is 3. The Morgan fingerprint density at radius 1 is 0.433 bits per heavy atom. The molecule has 1 atom stereocenters. The third-order valence-electron chi connectivity index (χ3n) is 20.4. The molecule has 0 saturated carbocycles. The van der Waals surface area contributed by atoms with Crippen molar-refractivity contribution >= 4 is 79.7 Å². The molecule has 8 aromatic rings. The maximum atomic E-state index is 12.6. The molecule has 0 aliphatic heterocycles. The van der Waals surface area contributed by atoms with E-state index in [1.807, 2.05) is 154 Å². The number of nitrogens with two attached hydrogens (primary N) is 1. The lowest BCUT2D eigenvalue weighted by atomic mass is 9.71. The second-order valence-electron chi connectivity index (χ2n) is 30.7. The van der Waals surface area contributed by atoms with Crippen LogP contribution in [-0.4, -0.2) is 71.2 Å². The van der Waals surface area contributed by atoms with Gasteiger partial charge in [-0.3, -0.25) is 28.8 Å². The van der Waals surface area contributed by atoms with Crippen LogP contribution in [0.1, 0.15) is 268 Å². The highest BCUT2D eigenvalue weighted by atomic mass is 79.9. The number of oxime groups is 1. The van der Waals surface area contributed by atoms with Crippen LogP contribution in [0.2, 0.25) is 0 Å². The number of fused-ring (bicyclic) bond motifs is 5. The van der Waals surface area contributed by atoms with E-state index in [1.54, 1.807) is 25.3 Å². The molecule has 5 aliphatic rings. The van der Waals surface area contributed by atoms with E-state index in [0.29, 0.717) is 47.1 Å². The Kier molecular flexibility index (Phi) is 26.2. The highest BCUT2D eigenvalue weighted by Crippen LogP contribution is 2.44. The third kappa shape index (κ3) is 20.0. The van der Waals surface area contributed by atoms with Gasteiger partial charge in [-0.05, 0) is 223 Å². The Hall–Kier alpha value is -9.52. The topological polar surface area (TPSA) is 253 Å². The van der Waals surface area contributed by atoms with Gasteiger partial charge < -0.3 is 35.8 Å². The van der Waals surface area contributed by atoms with Crippen LogP contribution in [0.15, 0.2) is 173 Å². The summed E-state index contributed by atoms with van der Waals surface area (Å²) in [6.45, 7) is 27.7. The van der Waals surface area contributed by atoms with Gasteiger partial charge in [0.2, 0.25) is 0 Å². The van der Waals surface area contributed by atoms with Gasteiger partial charge in [0, 0.05) is 79.7 Å². The van der Waals surface area contributed by atoms with Crippen LogP contribution < -0.4 is 21.8 Å². The Labute approximate surface area is 621 Å². The van der Waals surface area contributed by atoms with E-state index in [9.17, 15) is 38.7 Å². The zero-order chi connectivity index (χ0) is 76.2. The molecule has 0 radical (unpaired) electrons. The minimum absolute atomic E-state index is 0.0186. The average Bonchev–Trinajstić information content (AvgIpc) is 0.797. The van der Waals surface area contributed by atoms with Gasteiger partial charge in [0.15, 0.2) is 17.3 Å². The predicted molar refractivity (Wildman–Crippen MR) is 418 cm³/mol. The fraction of sp³-hybridized carbons (Fsp3) is 0.356. The first-order valence-electron chi connectivity index (χ1n) is 35.3. The van der Waals surface area contributed by atoms with E-state index in [4.69, 9.17) is 9.94 Å². The summed E-state index contributed by atoms with van der Waals surface area (Å²) >= 11 is 3.40. The van der Waals surface area contributed by atoms with E-state index in [2.05, 4.69) is 123 Å². The first kappa shape index (κ1) is 80.2. The summed E-state index contributed by atoms with van der Waals surface area (Å²) in [7, 11) is 2.96. The lowest BCUT2D eigenvalue weighted by Gasteiger charge is -2.35. The zero-order valence-electron chi connectivity index (χ0n) is 62.7. The van der Waals surface area contributed by atoms with Crippen LogP contribution in [0.5, 0.6) is 0 Å². The van der Waals surface area contributed by atoms with Crippen molar-refractivity contribution < 1.29 is 53.4 Å². The van der Waals surface area contributed by atoms with Crippen LogP contribution in [0, 0.1) is 20.8 Å². The SMILES string of the molecule is CC1(C)CCC(=O)c2cc(Br)ccc21.CC1(C)CCC(=O)c2cc(C(=O)O)ccc21.CO/N=C1\CCC(C)(C)c2ccc(C(=O)Nc3ccc(C)cc3)cc21.CON.Cc1ccc(NC(=O)c2ccc3c(c2)C(=O)CCC3(C)C)cc1.Cc1ccc(NC(=O)c2ccc3c(c2)C(O)CCC3(C)C)cc1. The quantitative estimate of drug-likeness (QED) is 0.0777. The van der Waals surface area contributed by atoms with E-state index < -0.39 is 12.1 Å². The number of amides is 3. The van der Waals surface area contributed by atoms with Crippen LogP contribution in [0.25, 0.3) is 0 Å². The number of hydrogen-bond donors (Lipinski definition) is 6. The molecule has 0 fully saturated rings. The van der Waals surface area contributed by atoms with E-state index >= 15 is 0 Å². The number of rotatable bonds is 8. The lowest BCUT2D eigenvalue weighted by Crippen LogP contribution is -2.28. The number of nitrogens with one attached hydrogen (secondary N) is 3. The Morgan fingerprint density at radius 2 is 0.740 bits per heavy atom. The van der Waals surface area contributed by atoms with Gasteiger partial charge >= 0.3 is 5.97 Å². The number of carboxylic acid groups (broad SMARTS) is 1. The second kappa shape index (κ2) is 33.9. The fourth-order valence-electron chi connectivity index (χ4n) is 13.8. The van der Waals surface area contributed by atoms with Crippen molar-refractivity contribution in [1.82, 2.24) is 0 Å². The molecule has 0 saturated heterocycles. The molecule has 13 rings (SSSR count). The van der Waals surface area contributed by atoms with E-state index in [0.717, 1.165) is 122 Å². The van der Waals surface area contributed by atoms with Crippen molar-refractivity contribution in [2.75, 3.05) is 30.2 Å². The summed E-state index contributed by atoms with van der Waals surface area (Å²) in [5, 5.41) is 32.1. The third-order valence-corrected chi connectivity index (χ3v) is 20.9. The van der Waals surface area contributed by atoms with Gasteiger partial charge in [0.25, 0.3) is 17.7 Å². The molecule has 0 bridgehead atoms. The number of benzene rings is 8. The number of halogens is 1. The van der Waals surface area contributed by atoms with Crippen LogP contribution in [-0.2, 0) is 36.8 Å². The maximum absolute atomic E-state index is 12.6. The summed E-state index contributed by atoms with van der Waals surface area (Å²) in [6, 6.07) is 51.0. The van der Waals surface area contributed by atoms with Crippen molar-refractivity contribution in [1.29, 1.82) is 0 Å². The smallest absolute Gasteiger partial charge is 0.335 e. The summed E-state index contributed by atoms with van der Waals surface area (Å²) < 4.78 is 0.988. The van der Waals surface area contributed by atoms with Gasteiger partial charge in [0.1, 0.15) is 7.11 Å². The molecule has 8 aromatic carbocycles. The number of carbonyl (C=O) groups is 7. The molecule has 104 heavy (non-hydrogen) atoms. The van der Waals surface area contributed by atoms with Gasteiger partial charge in [-0.15, -0.1) is 0 Å². The molecule has 1 unspecified atom stereocenters. The van der Waals surface area contributed by atoms with E-state index in [-0.39, 0.29) is 67.7 Å². The molecule has 546 valence electrons. The molecule has 17 heteroatoms. The first-order valence-corrected chi connectivity index (χ1v) is 36.1. The molecule has 16 nitrogen and oxygen atoms in total. The van der Waals surface area contributed by atoms with Crippen LogP contribution in [0.3, 0.4) is 0 Å². The van der Waals surface area contributed by atoms with Crippen LogP contribution in [0.4, 0.5) is 17.1 Å². The second-order valence-corrected chi connectivity index (χ2v) is 31.7. The standard InChI is InChI=1S/C21H24N2O2.C20H23NO2.C20H21NO2.C13H14O3.C12H13BrO.CH5NO/c1-14-5-8-16(9-6-14)22-20(24)15-7-10-18-17(13-15)19(23-25-4)11-12-21(18,2)3;2*1-13-4-7-15(8-5-13)21-19(23)14-6-9-17-16(12-14)18(22)10-11-20(17,2)3;1-13(2)6-5-11(14)9-7-8(12(15)16)3-4-10(9)13;1-12(2)6-5-11(14)9-7-8(13)3-4-10(9)12;1-3-2/h5-10,13H,11-12H2,1-4H3,(H,22,24);4-9,12,18,22H,10-11H2,1-3H3,(H,21,23);4-9,12H,10-11H2,1-3H3,(H,21,23);3-4,7H,5-6H2,1-2H3,(H,15,16);3-4,7H,5-6H2,1-2H3;2H2,1H3/b23-19+;;;;;.